The molecule has 4 rings (SSSR count). The van der Waals surface area contributed by atoms with Crippen molar-refractivity contribution in [3.05, 3.63) is 78.2 Å². The van der Waals surface area contributed by atoms with Gasteiger partial charge in [-0.15, -0.1) is 0 Å². The molecule has 0 saturated carbocycles. The summed E-state index contributed by atoms with van der Waals surface area (Å²) in [6.45, 7) is 0.262. The van der Waals surface area contributed by atoms with Crippen molar-refractivity contribution in [3.8, 4) is 16.9 Å². The van der Waals surface area contributed by atoms with Crippen LogP contribution in [0.15, 0.2) is 66.9 Å². The van der Waals surface area contributed by atoms with Crippen LogP contribution in [0.25, 0.3) is 11.1 Å². The average molecular weight is 348 g/mol. The second-order valence-corrected chi connectivity index (χ2v) is 6.22. The largest absolute Gasteiger partial charge is 0.492 e. The van der Waals surface area contributed by atoms with Crippen LogP contribution in [0.3, 0.4) is 0 Å². The van der Waals surface area contributed by atoms with Crippen LogP contribution in [0.2, 0.25) is 0 Å². The number of pyridine rings is 1. The maximum Gasteiger partial charge on any atom is 0.232 e. The molecule has 5 heteroatoms. The zero-order chi connectivity index (χ0) is 17.9. The minimum absolute atomic E-state index is 0.184. The van der Waals surface area contributed by atoms with E-state index in [2.05, 4.69) is 10.3 Å². The number of ether oxygens (including phenoxy) is 1. The summed E-state index contributed by atoms with van der Waals surface area (Å²) < 4.78 is 19.1. The average Bonchev–Trinajstić information content (AvgIpc) is 2.68. The quantitative estimate of drug-likeness (QED) is 0.776. The van der Waals surface area contributed by atoms with Crippen molar-refractivity contribution in [2.45, 2.75) is 6.42 Å². The number of aromatic nitrogens is 1. The molecule has 1 aliphatic heterocycles. The Kier molecular flexibility index (Phi) is 4.35. The third-order valence-corrected chi connectivity index (χ3v) is 4.43. The van der Waals surface area contributed by atoms with Crippen LogP contribution in [0.1, 0.15) is 5.56 Å². The van der Waals surface area contributed by atoms with Crippen molar-refractivity contribution in [2.24, 2.45) is 5.92 Å². The summed E-state index contributed by atoms with van der Waals surface area (Å²) in [5, 5.41) is 2.90. The van der Waals surface area contributed by atoms with Gasteiger partial charge in [0.15, 0.2) is 0 Å². The number of hydrogen-bond donors (Lipinski definition) is 1. The van der Waals surface area contributed by atoms with Gasteiger partial charge in [0.1, 0.15) is 24.0 Å². The number of nitrogens with zero attached hydrogens (tertiary/aromatic N) is 1. The maximum atomic E-state index is 13.4. The lowest BCUT2D eigenvalue weighted by Crippen LogP contribution is -2.33. The van der Waals surface area contributed by atoms with E-state index in [1.54, 1.807) is 12.3 Å². The first-order valence-corrected chi connectivity index (χ1v) is 8.43. The number of fused-ring (bicyclic) bond motifs is 1. The maximum absolute atomic E-state index is 13.4. The van der Waals surface area contributed by atoms with Crippen LogP contribution < -0.4 is 10.1 Å². The molecule has 0 bridgehead atoms. The number of halogens is 1. The van der Waals surface area contributed by atoms with Gasteiger partial charge in [0.2, 0.25) is 5.91 Å². The first-order valence-electron chi connectivity index (χ1n) is 8.43. The zero-order valence-electron chi connectivity index (χ0n) is 14.0. The lowest BCUT2D eigenvalue weighted by molar-refractivity contribution is -0.121. The highest BCUT2D eigenvalue weighted by Crippen LogP contribution is 2.30. The molecule has 0 spiro atoms. The number of anilines is 1. The van der Waals surface area contributed by atoms with E-state index in [0.717, 1.165) is 11.1 Å². The molecule has 26 heavy (non-hydrogen) atoms. The summed E-state index contributed by atoms with van der Waals surface area (Å²) in [6.07, 6.45) is 2.08. The van der Waals surface area contributed by atoms with Gasteiger partial charge < -0.3 is 10.1 Å². The molecule has 0 saturated heterocycles. The summed E-state index contributed by atoms with van der Waals surface area (Å²) in [5.41, 5.74) is 2.54. The smallest absolute Gasteiger partial charge is 0.232 e. The number of nitrogens with one attached hydrogen (secondary N) is 1. The molecule has 0 radical (unpaired) electrons. The first-order chi connectivity index (χ1) is 12.7. The third-order valence-electron chi connectivity index (χ3n) is 4.43. The Bertz CT molecular complexity index is 944. The molecule has 2 heterocycles. The van der Waals surface area contributed by atoms with Crippen LogP contribution in [0.5, 0.6) is 5.75 Å². The summed E-state index contributed by atoms with van der Waals surface area (Å²) >= 11 is 0. The second kappa shape index (κ2) is 6.96. The lowest BCUT2D eigenvalue weighted by atomic mass is 9.95. The fourth-order valence-corrected chi connectivity index (χ4v) is 3.11. The monoisotopic (exact) mass is 348 g/mol. The Balaban J connectivity index is 1.55. The van der Waals surface area contributed by atoms with Crippen molar-refractivity contribution >= 4 is 11.7 Å². The van der Waals surface area contributed by atoms with E-state index in [0.29, 0.717) is 23.6 Å². The SMILES string of the molecule is O=C(Nc1ncccc1-c1ccccc1)C1COc2ccc(F)cc2C1. The van der Waals surface area contributed by atoms with E-state index in [1.165, 1.54) is 12.1 Å². The van der Waals surface area contributed by atoms with Gasteiger partial charge in [0.05, 0.1) is 5.92 Å². The molecule has 4 nitrogen and oxygen atoms in total. The third kappa shape index (κ3) is 3.28. The van der Waals surface area contributed by atoms with Crippen molar-refractivity contribution in [3.63, 3.8) is 0 Å². The predicted molar refractivity (Wildman–Crippen MR) is 97.4 cm³/mol. The van der Waals surface area contributed by atoms with Gasteiger partial charge in [0.25, 0.3) is 0 Å². The van der Waals surface area contributed by atoms with Gasteiger partial charge >= 0.3 is 0 Å². The molecule has 1 atom stereocenters. The van der Waals surface area contributed by atoms with Crippen molar-refractivity contribution in [1.82, 2.24) is 4.98 Å². The molecule has 1 N–H and O–H groups in total. The lowest BCUT2D eigenvalue weighted by Gasteiger charge is -2.24. The Morgan fingerprint density at radius 2 is 1.96 bits per heavy atom. The molecular formula is C21H17FN2O2. The predicted octanol–water partition coefficient (Wildman–Crippen LogP) is 4.08. The highest BCUT2D eigenvalue weighted by molar-refractivity contribution is 5.95. The highest BCUT2D eigenvalue weighted by atomic mass is 19.1. The number of rotatable bonds is 3. The number of carbonyl (C=O) groups excluding carboxylic acids is 1. The Morgan fingerprint density at radius 3 is 2.81 bits per heavy atom. The molecule has 1 aromatic heterocycles. The molecule has 0 aliphatic carbocycles. The number of benzene rings is 2. The summed E-state index contributed by atoms with van der Waals surface area (Å²) in [7, 11) is 0. The second-order valence-electron chi connectivity index (χ2n) is 6.22. The standard InChI is InChI=1S/C21H17FN2O2/c22-17-8-9-19-15(12-17)11-16(13-26-19)21(25)24-20-18(7-4-10-23-20)14-5-2-1-3-6-14/h1-10,12,16H,11,13H2,(H,23,24,25). The van der Waals surface area contributed by atoms with Gasteiger partial charge in [-0.05, 0) is 47.9 Å². The first kappa shape index (κ1) is 16.3. The Morgan fingerprint density at radius 1 is 1.12 bits per heavy atom. The van der Waals surface area contributed by atoms with Crippen molar-refractivity contribution < 1.29 is 13.9 Å². The summed E-state index contributed by atoms with van der Waals surface area (Å²) in [4.78, 5) is 17.0. The summed E-state index contributed by atoms with van der Waals surface area (Å²) in [6, 6.07) is 17.9. The van der Waals surface area contributed by atoms with E-state index in [4.69, 9.17) is 4.74 Å². The van der Waals surface area contributed by atoms with Gasteiger partial charge in [0, 0.05) is 11.8 Å². The van der Waals surface area contributed by atoms with Crippen LogP contribution in [-0.4, -0.2) is 17.5 Å². The summed E-state index contributed by atoms with van der Waals surface area (Å²) in [5.74, 6) is 0.238. The van der Waals surface area contributed by atoms with E-state index in [1.807, 2.05) is 42.5 Å². The minimum Gasteiger partial charge on any atom is -0.492 e. The number of amides is 1. The molecule has 0 fully saturated rings. The van der Waals surface area contributed by atoms with E-state index in [-0.39, 0.29) is 18.3 Å². The van der Waals surface area contributed by atoms with Crippen molar-refractivity contribution in [1.29, 1.82) is 0 Å². The van der Waals surface area contributed by atoms with Crippen LogP contribution in [0.4, 0.5) is 10.2 Å². The minimum atomic E-state index is -0.394. The van der Waals surface area contributed by atoms with Crippen LogP contribution in [0, 0.1) is 11.7 Å². The van der Waals surface area contributed by atoms with E-state index in [9.17, 15) is 9.18 Å². The molecule has 1 unspecified atom stereocenters. The molecule has 2 aromatic carbocycles. The van der Waals surface area contributed by atoms with E-state index < -0.39 is 5.92 Å². The molecule has 1 amide bonds. The fraction of sp³-hybridized carbons (Fsp3) is 0.143. The topological polar surface area (TPSA) is 51.2 Å². The van der Waals surface area contributed by atoms with Crippen LogP contribution in [-0.2, 0) is 11.2 Å². The highest BCUT2D eigenvalue weighted by Gasteiger charge is 2.27. The van der Waals surface area contributed by atoms with E-state index >= 15 is 0 Å². The molecule has 3 aromatic rings. The number of carbonyl (C=O) groups is 1. The van der Waals surface area contributed by atoms with Gasteiger partial charge in [-0.25, -0.2) is 9.37 Å². The van der Waals surface area contributed by atoms with Gasteiger partial charge in [-0.3, -0.25) is 4.79 Å². The Labute approximate surface area is 150 Å². The molecular weight excluding hydrogens is 331 g/mol. The van der Waals surface area contributed by atoms with Crippen molar-refractivity contribution in [2.75, 3.05) is 11.9 Å². The molecule has 130 valence electrons. The fourth-order valence-electron chi connectivity index (χ4n) is 3.11. The zero-order valence-corrected chi connectivity index (χ0v) is 14.0. The van der Waals surface area contributed by atoms with Gasteiger partial charge in [-0.2, -0.15) is 0 Å². The Hall–Kier alpha value is -3.21. The normalized spacial score (nSPS) is 15.7. The van der Waals surface area contributed by atoms with Gasteiger partial charge in [-0.1, -0.05) is 30.3 Å². The molecule has 1 aliphatic rings. The number of hydrogen-bond acceptors (Lipinski definition) is 3. The van der Waals surface area contributed by atoms with Crippen LogP contribution >= 0.6 is 0 Å².